The fourth-order valence-corrected chi connectivity index (χ4v) is 4.38. The highest BCUT2D eigenvalue weighted by atomic mass is 16.6. The van der Waals surface area contributed by atoms with Crippen molar-refractivity contribution in [3.63, 3.8) is 0 Å². The highest BCUT2D eigenvalue weighted by molar-refractivity contribution is 5.65. The Kier molecular flexibility index (Phi) is 30.0. The van der Waals surface area contributed by atoms with E-state index in [1.54, 1.807) is 12.1 Å². The second kappa shape index (κ2) is 34.8. The maximum atomic E-state index is 11.2. The number of nitro groups is 3. The predicted octanol–water partition coefficient (Wildman–Crippen LogP) is 3.08. The third-order valence-electron chi connectivity index (χ3n) is 7.21. The smallest absolute Gasteiger partial charge is 0.299 e. The van der Waals surface area contributed by atoms with Crippen molar-refractivity contribution in [3.8, 4) is 5.75 Å². The van der Waals surface area contributed by atoms with E-state index in [-0.39, 0.29) is 35.9 Å². The molecule has 1 N–H and O–H groups in total. The average Bonchev–Trinajstić information content (AvgIpc) is 3.22. The number of anilines is 1. The molecule has 0 aromatic heterocycles. The Hall–Kier alpha value is -4.20. The van der Waals surface area contributed by atoms with Crippen LogP contribution in [0.1, 0.15) is 0 Å². The van der Waals surface area contributed by atoms with E-state index in [1.807, 2.05) is 0 Å². The number of nitrogens with zero attached hydrogens (tertiary/aromatic N) is 3. The molecule has 0 amide bonds. The van der Waals surface area contributed by atoms with E-state index in [0.29, 0.717) is 151 Å². The molecule has 22 heteroatoms. The van der Waals surface area contributed by atoms with Crippen LogP contribution in [0.5, 0.6) is 5.75 Å². The van der Waals surface area contributed by atoms with Gasteiger partial charge in [0.15, 0.2) is 0 Å². The number of nitrogens with one attached hydrogen (secondary N) is 1. The Labute approximate surface area is 336 Å². The second-order valence-electron chi connectivity index (χ2n) is 11.5. The summed E-state index contributed by atoms with van der Waals surface area (Å²) in [4.78, 5) is 30.8. The molecule has 2 rings (SSSR count). The summed E-state index contributed by atoms with van der Waals surface area (Å²) in [6.45, 7) is 9.84. The van der Waals surface area contributed by atoms with Crippen LogP contribution in [0, 0.1) is 30.3 Å². The van der Waals surface area contributed by atoms with Crippen molar-refractivity contribution in [3.05, 3.63) is 72.8 Å². The summed E-state index contributed by atoms with van der Waals surface area (Å²) in [7, 11) is 0. The van der Waals surface area contributed by atoms with E-state index in [0.717, 1.165) is 6.07 Å². The molecular weight excluding hydrogens is 776 g/mol. The number of ether oxygens (including phenoxy) is 12. The van der Waals surface area contributed by atoms with Gasteiger partial charge in [-0.25, -0.2) is 0 Å². The third kappa shape index (κ3) is 26.7. The van der Waals surface area contributed by atoms with Crippen LogP contribution >= 0.6 is 0 Å². The van der Waals surface area contributed by atoms with Gasteiger partial charge in [0.05, 0.1) is 166 Å². The van der Waals surface area contributed by atoms with Gasteiger partial charge in [-0.1, -0.05) is 0 Å². The molecule has 0 aliphatic heterocycles. The van der Waals surface area contributed by atoms with Gasteiger partial charge in [-0.3, -0.25) is 30.3 Å². The van der Waals surface area contributed by atoms with Crippen LogP contribution in [0.25, 0.3) is 0 Å². The van der Waals surface area contributed by atoms with E-state index in [4.69, 9.17) is 56.8 Å². The van der Waals surface area contributed by atoms with E-state index in [2.05, 4.69) is 5.32 Å². The number of nitro benzene ring substituents is 3. The van der Waals surface area contributed by atoms with Gasteiger partial charge in [0.1, 0.15) is 18.0 Å². The van der Waals surface area contributed by atoms with Gasteiger partial charge in [-0.2, -0.15) is 0 Å². The first-order chi connectivity index (χ1) is 28.4. The zero-order valence-electron chi connectivity index (χ0n) is 32.7. The lowest BCUT2D eigenvalue weighted by Crippen LogP contribution is -2.16. The summed E-state index contributed by atoms with van der Waals surface area (Å²) >= 11 is 0. The van der Waals surface area contributed by atoms with Crippen LogP contribution in [-0.4, -0.2) is 173 Å². The Morgan fingerprint density at radius 2 is 0.690 bits per heavy atom. The number of benzene rings is 2. The minimum Gasteiger partial charge on any atom is -0.491 e. The summed E-state index contributed by atoms with van der Waals surface area (Å²) in [5, 5.41) is 35.5. The molecule has 2 aromatic rings. The topological polar surface area (TPSA) is 252 Å². The van der Waals surface area contributed by atoms with Crippen molar-refractivity contribution in [2.45, 2.75) is 0 Å². The first-order valence-electron chi connectivity index (χ1n) is 18.8. The number of hydrogen-bond acceptors (Lipinski definition) is 19. The molecule has 0 atom stereocenters. The minimum absolute atomic E-state index is 0.0147. The largest absolute Gasteiger partial charge is 0.491 e. The lowest BCUT2D eigenvalue weighted by molar-refractivity contribution is -0.393. The monoisotopic (exact) mass is 832 g/mol. The van der Waals surface area contributed by atoms with Crippen LogP contribution in [0.4, 0.5) is 22.7 Å². The normalized spacial score (nSPS) is 11.2. The van der Waals surface area contributed by atoms with Crippen LogP contribution < -0.4 is 10.1 Å². The van der Waals surface area contributed by atoms with Gasteiger partial charge in [0.2, 0.25) is 0 Å². The number of rotatable bonds is 41. The molecule has 2 aromatic carbocycles. The van der Waals surface area contributed by atoms with Crippen molar-refractivity contribution >= 4 is 22.7 Å². The van der Waals surface area contributed by atoms with Gasteiger partial charge in [-0.15, -0.1) is 0 Å². The molecule has 0 aliphatic rings. The van der Waals surface area contributed by atoms with Crippen LogP contribution in [0.3, 0.4) is 0 Å². The van der Waals surface area contributed by atoms with Crippen LogP contribution in [-0.2, 0) is 52.1 Å². The van der Waals surface area contributed by atoms with Crippen molar-refractivity contribution in [2.24, 2.45) is 0 Å². The SMILES string of the molecule is O=[N+]([O-])c1ccc(OCCOCCOCCOCCOCCOCCOCCOCCOCCOCCOCCOCCNc2ccc([N+](=O)[O-])cc2[N+](=O)[O-])cc1. The molecule has 0 aliphatic carbocycles. The molecule has 0 spiro atoms. The molecular formula is C36H56N4O18. The fraction of sp³-hybridized carbons (Fsp3) is 0.667. The standard InChI is InChI=1S/C36H56N4O18/c41-38(42)32-1-4-34(5-2-32)58-30-29-57-28-27-56-26-25-55-24-23-54-22-21-53-20-19-52-18-17-51-16-15-50-14-13-49-12-11-48-10-9-47-8-7-37-35-6-3-33(39(43)44)31-36(35)40(45)46/h1-6,31,37H,7-30H2. The van der Waals surface area contributed by atoms with E-state index >= 15 is 0 Å². The quantitative estimate of drug-likeness (QED) is 0.0574. The zero-order valence-corrected chi connectivity index (χ0v) is 32.7. The number of hydrogen-bond donors (Lipinski definition) is 1. The fourth-order valence-electron chi connectivity index (χ4n) is 4.38. The lowest BCUT2D eigenvalue weighted by Gasteiger charge is -2.09. The molecule has 0 bridgehead atoms. The molecule has 0 heterocycles. The maximum absolute atomic E-state index is 11.2. The van der Waals surface area contributed by atoms with Crippen molar-refractivity contribution < 1.29 is 71.6 Å². The van der Waals surface area contributed by atoms with Gasteiger partial charge in [0, 0.05) is 24.7 Å². The third-order valence-corrected chi connectivity index (χ3v) is 7.21. The van der Waals surface area contributed by atoms with Gasteiger partial charge in [-0.05, 0) is 18.2 Å². The average molecular weight is 833 g/mol. The van der Waals surface area contributed by atoms with Crippen molar-refractivity contribution in [1.82, 2.24) is 0 Å². The Bertz CT molecular complexity index is 1360. The summed E-state index contributed by atoms with van der Waals surface area (Å²) in [5.41, 5.74) is -0.531. The second-order valence-corrected chi connectivity index (χ2v) is 11.5. The molecule has 22 nitrogen and oxygen atoms in total. The van der Waals surface area contributed by atoms with Crippen molar-refractivity contribution in [1.29, 1.82) is 0 Å². The molecule has 0 fully saturated rings. The number of non-ortho nitro benzene ring substituents is 2. The Morgan fingerprint density at radius 3 is 1.02 bits per heavy atom. The molecule has 0 saturated carbocycles. The van der Waals surface area contributed by atoms with Crippen molar-refractivity contribution in [2.75, 3.05) is 164 Å². The molecule has 0 saturated heterocycles. The Balaban J connectivity index is 1.18. The Morgan fingerprint density at radius 1 is 0.379 bits per heavy atom. The van der Waals surface area contributed by atoms with Gasteiger partial charge >= 0.3 is 0 Å². The predicted molar refractivity (Wildman–Crippen MR) is 206 cm³/mol. The van der Waals surface area contributed by atoms with E-state index < -0.39 is 14.8 Å². The maximum Gasteiger partial charge on any atom is 0.299 e. The van der Waals surface area contributed by atoms with Crippen LogP contribution in [0.2, 0.25) is 0 Å². The molecule has 58 heavy (non-hydrogen) atoms. The van der Waals surface area contributed by atoms with E-state index in [9.17, 15) is 30.3 Å². The van der Waals surface area contributed by atoms with E-state index in [1.165, 1.54) is 24.3 Å². The molecule has 0 radical (unpaired) electrons. The first kappa shape index (κ1) is 49.9. The highest BCUT2D eigenvalue weighted by Gasteiger charge is 2.19. The summed E-state index contributed by atoms with van der Waals surface area (Å²) in [6.07, 6.45) is 0. The molecule has 0 unspecified atom stereocenters. The van der Waals surface area contributed by atoms with Gasteiger partial charge < -0.3 is 62.2 Å². The summed E-state index contributed by atoms with van der Waals surface area (Å²) in [5.74, 6) is 0.544. The lowest BCUT2D eigenvalue weighted by atomic mass is 10.2. The minimum atomic E-state index is -0.686. The van der Waals surface area contributed by atoms with Crippen LogP contribution in [0.15, 0.2) is 42.5 Å². The first-order valence-corrected chi connectivity index (χ1v) is 18.8. The zero-order chi connectivity index (χ0) is 41.7. The molecule has 328 valence electrons. The summed E-state index contributed by atoms with van der Waals surface area (Å²) in [6, 6.07) is 9.28. The summed E-state index contributed by atoms with van der Waals surface area (Å²) < 4.78 is 65.4. The highest BCUT2D eigenvalue weighted by Crippen LogP contribution is 2.28. The van der Waals surface area contributed by atoms with Gasteiger partial charge in [0.25, 0.3) is 17.1 Å².